The van der Waals surface area contributed by atoms with Crippen LogP contribution < -0.4 is 4.90 Å². The second kappa shape index (κ2) is 4.76. The molecule has 0 radical (unpaired) electrons. The summed E-state index contributed by atoms with van der Waals surface area (Å²) < 4.78 is 38.2. The van der Waals surface area contributed by atoms with Gasteiger partial charge in [-0.05, 0) is 25.0 Å². The number of aliphatic hydroxyl groups is 1. The lowest BCUT2D eigenvalue weighted by Crippen LogP contribution is -2.22. The summed E-state index contributed by atoms with van der Waals surface area (Å²) in [5.74, 6) is 0. The van der Waals surface area contributed by atoms with Crippen molar-refractivity contribution in [3.05, 3.63) is 23.5 Å². The van der Waals surface area contributed by atoms with Crippen LogP contribution in [0.4, 0.5) is 18.9 Å². The average molecular weight is 260 g/mol. The molecule has 6 heteroatoms. The van der Waals surface area contributed by atoms with Gasteiger partial charge in [-0.25, -0.2) is 4.98 Å². The number of aliphatic hydroxyl groups excluding tert-OH is 1. The predicted octanol–water partition coefficient (Wildman–Crippen LogP) is 2.23. The van der Waals surface area contributed by atoms with E-state index >= 15 is 0 Å². The molecule has 1 N–H and O–H groups in total. The third-order valence-electron chi connectivity index (χ3n) is 3.04. The van der Waals surface area contributed by atoms with Crippen LogP contribution in [-0.2, 0) is 12.6 Å². The molecule has 0 aromatic carbocycles. The van der Waals surface area contributed by atoms with Crippen molar-refractivity contribution in [1.82, 2.24) is 4.98 Å². The number of pyridine rings is 1. The van der Waals surface area contributed by atoms with E-state index in [2.05, 4.69) is 4.98 Å². The molecule has 0 spiro atoms. The molecule has 1 aliphatic heterocycles. The van der Waals surface area contributed by atoms with Gasteiger partial charge >= 0.3 is 6.18 Å². The SMILES string of the molecule is CCc1cc(N2CCC(O)C2)cc(C(F)(F)F)n1. The molecule has 1 saturated heterocycles. The van der Waals surface area contributed by atoms with Crippen LogP contribution in [0, 0.1) is 0 Å². The van der Waals surface area contributed by atoms with Crippen molar-refractivity contribution in [3.63, 3.8) is 0 Å². The molecule has 0 saturated carbocycles. The molecule has 1 atom stereocenters. The Bertz CT molecular complexity index is 434. The second-order valence-electron chi connectivity index (χ2n) is 4.44. The first-order valence-electron chi connectivity index (χ1n) is 5.91. The molecule has 100 valence electrons. The molecule has 18 heavy (non-hydrogen) atoms. The van der Waals surface area contributed by atoms with Gasteiger partial charge in [-0.1, -0.05) is 6.92 Å². The third kappa shape index (κ3) is 2.75. The molecule has 2 rings (SSSR count). The molecule has 1 unspecified atom stereocenters. The van der Waals surface area contributed by atoms with Crippen LogP contribution in [0.3, 0.4) is 0 Å². The van der Waals surface area contributed by atoms with E-state index in [0.29, 0.717) is 37.3 Å². The zero-order valence-corrected chi connectivity index (χ0v) is 10.0. The number of halogens is 3. The van der Waals surface area contributed by atoms with E-state index in [1.165, 1.54) is 0 Å². The minimum atomic E-state index is -4.43. The number of anilines is 1. The van der Waals surface area contributed by atoms with Gasteiger partial charge in [0.15, 0.2) is 0 Å². The highest BCUT2D eigenvalue weighted by Gasteiger charge is 2.34. The highest BCUT2D eigenvalue weighted by molar-refractivity contribution is 5.50. The van der Waals surface area contributed by atoms with E-state index < -0.39 is 18.0 Å². The van der Waals surface area contributed by atoms with E-state index in [-0.39, 0.29) is 0 Å². The quantitative estimate of drug-likeness (QED) is 0.886. The van der Waals surface area contributed by atoms with Gasteiger partial charge in [-0.15, -0.1) is 0 Å². The van der Waals surface area contributed by atoms with Gasteiger partial charge in [0.2, 0.25) is 0 Å². The smallest absolute Gasteiger partial charge is 0.391 e. The lowest BCUT2D eigenvalue weighted by Gasteiger charge is -2.20. The van der Waals surface area contributed by atoms with E-state index in [1.54, 1.807) is 17.9 Å². The average Bonchev–Trinajstić information content (AvgIpc) is 2.74. The Kier molecular flexibility index (Phi) is 3.47. The van der Waals surface area contributed by atoms with Crippen LogP contribution in [0.5, 0.6) is 0 Å². The van der Waals surface area contributed by atoms with Crippen LogP contribution in [-0.4, -0.2) is 29.3 Å². The van der Waals surface area contributed by atoms with Crippen LogP contribution in [0.2, 0.25) is 0 Å². The number of alkyl halides is 3. The largest absolute Gasteiger partial charge is 0.433 e. The number of aryl methyl sites for hydroxylation is 1. The van der Waals surface area contributed by atoms with Crippen molar-refractivity contribution in [2.45, 2.75) is 32.0 Å². The number of β-amino-alcohol motifs (C(OH)–C–C–N with tert-alkyl or cyclic N) is 1. The Morgan fingerprint density at radius 3 is 2.67 bits per heavy atom. The van der Waals surface area contributed by atoms with Crippen LogP contribution >= 0.6 is 0 Å². The van der Waals surface area contributed by atoms with Gasteiger partial charge in [0.05, 0.1) is 6.10 Å². The molecular weight excluding hydrogens is 245 g/mol. The third-order valence-corrected chi connectivity index (χ3v) is 3.04. The number of hydrogen-bond donors (Lipinski definition) is 1. The van der Waals surface area contributed by atoms with Crippen LogP contribution in [0.1, 0.15) is 24.7 Å². The highest BCUT2D eigenvalue weighted by atomic mass is 19.4. The minimum Gasteiger partial charge on any atom is -0.391 e. The predicted molar refractivity (Wildman–Crippen MR) is 61.5 cm³/mol. The van der Waals surface area contributed by atoms with Gasteiger partial charge in [-0.2, -0.15) is 13.2 Å². The normalized spacial score (nSPS) is 20.5. The number of nitrogens with zero attached hydrogens (tertiary/aromatic N) is 2. The zero-order chi connectivity index (χ0) is 13.3. The first kappa shape index (κ1) is 13.1. The molecule has 1 fully saturated rings. The summed E-state index contributed by atoms with van der Waals surface area (Å²) in [6.07, 6.45) is -3.85. The molecule has 3 nitrogen and oxygen atoms in total. The van der Waals surface area contributed by atoms with E-state index in [0.717, 1.165) is 6.07 Å². The molecular formula is C12H15F3N2O. The summed E-state index contributed by atoms with van der Waals surface area (Å²) in [6.45, 7) is 2.72. The molecule has 2 heterocycles. The van der Waals surface area contributed by atoms with Gasteiger partial charge in [-0.3, -0.25) is 0 Å². The maximum atomic E-state index is 12.7. The van der Waals surface area contributed by atoms with Crippen LogP contribution in [0.15, 0.2) is 12.1 Å². The number of aromatic nitrogens is 1. The molecule has 1 aromatic rings. The summed E-state index contributed by atoms with van der Waals surface area (Å²) in [4.78, 5) is 5.36. The number of rotatable bonds is 2. The maximum Gasteiger partial charge on any atom is 0.433 e. The standard InChI is InChI=1S/C12H15F3N2O/c1-2-8-5-9(17-4-3-10(18)7-17)6-11(16-8)12(13,14)15/h5-6,10,18H,2-4,7H2,1H3. The van der Waals surface area contributed by atoms with Gasteiger partial charge in [0, 0.05) is 24.5 Å². The summed E-state index contributed by atoms with van der Waals surface area (Å²) in [6, 6.07) is 2.71. The highest BCUT2D eigenvalue weighted by Crippen LogP contribution is 2.32. The van der Waals surface area contributed by atoms with E-state index in [4.69, 9.17) is 0 Å². The van der Waals surface area contributed by atoms with Crippen LogP contribution in [0.25, 0.3) is 0 Å². The molecule has 0 amide bonds. The first-order chi connectivity index (χ1) is 8.40. The number of hydrogen-bond acceptors (Lipinski definition) is 3. The topological polar surface area (TPSA) is 36.4 Å². The molecule has 1 aliphatic rings. The van der Waals surface area contributed by atoms with Crippen molar-refractivity contribution >= 4 is 5.69 Å². The second-order valence-corrected chi connectivity index (χ2v) is 4.44. The van der Waals surface area contributed by atoms with Crippen molar-refractivity contribution < 1.29 is 18.3 Å². The Morgan fingerprint density at radius 1 is 1.44 bits per heavy atom. The Morgan fingerprint density at radius 2 is 2.17 bits per heavy atom. The lowest BCUT2D eigenvalue weighted by atomic mass is 10.2. The molecule has 0 bridgehead atoms. The minimum absolute atomic E-state index is 0.379. The Balaban J connectivity index is 2.35. The zero-order valence-electron chi connectivity index (χ0n) is 10.0. The fourth-order valence-corrected chi connectivity index (χ4v) is 2.06. The Hall–Kier alpha value is -1.30. The van der Waals surface area contributed by atoms with Gasteiger partial charge in [0.25, 0.3) is 0 Å². The summed E-state index contributed by atoms with van der Waals surface area (Å²) in [5.41, 5.74) is 0.0465. The van der Waals surface area contributed by atoms with Gasteiger partial charge in [0.1, 0.15) is 5.69 Å². The van der Waals surface area contributed by atoms with E-state index in [1.807, 2.05) is 0 Å². The first-order valence-corrected chi connectivity index (χ1v) is 5.91. The van der Waals surface area contributed by atoms with Crippen molar-refractivity contribution in [2.24, 2.45) is 0 Å². The summed E-state index contributed by atoms with van der Waals surface area (Å²) in [7, 11) is 0. The fraction of sp³-hybridized carbons (Fsp3) is 0.583. The lowest BCUT2D eigenvalue weighted by molar-refractivity contribution is -0.141. The monoisotopic (exact) mass is 260 g/mol. The Labute approximate surface area is 103 Å². The molecule has 1 aromatic heterocycles. The van der Waals surface area contributed by atoms with Gasteiger partial charge < -0.3 is 10.0 Å². The van der Waals surface area contributed by atoms with Crippen molar-refractivity contribution in [1.29, 1.82) is 0 Å². The fourth-order valence-electron chi connectivity index (χ4n) is 2.06. The summed E-state index contributed by atoms with van der Waals surface area (Å²) >= 11 is 0. The van der Waals surface area contributed by atoms with Crippen molar-refractivity contribution in [2.75, 3.05) is 18.0 Å². The molecule has 0 aliphatic carbocycles. The maximum absolute atomic E-state index is 12.7. The van der Waals surface area contributed by atoms with Crippen molar-refractivity contribution in [3.8, 4) is 0 Å². The summed E-state index contributed by atoms with van der Waals surface area (Å²) in [5, 5.41) is 9.44. The van der Waals surface area contributed by atoms with E-state index in [9.17, 15) is 18.3 Å².